The van der Waals surface area contributed by atoms with Gasteiger partial charge in [-0.05, 0) is 59.6 Å². The summed E-state index contributed by atoms with van der Waals surface area (Å²) in [4.78, 5) is 36.0. The first kappa shape index (κ1) is 23.0. The summed E-state index contributed by atoms with van der Waals surface area (Å²) in [6.45, 7) is 6.14. The van der Waals surface area contributed by atoms with Gasteiger partial charge in [-0.1, -0.05) is 32.9 Å². The SMILES string of the molecule is CCSc1ccc(CC(=O)Nc2ccc3c(n2)CC(C)(C)C(c2ccc(O)cn2)C3=O)cc1. The Labute approximate surface area is 197 Å². The lowest BCUT2D eigenvalue weighted by molar-refractivity contribution is -0.115. The summed E-state index contributed by atoms with van der Waals surface area (Å²) in [5, 5.41) is 12.4. The molecule has 0 saturated heterocycles. The minimum Gasteiger partial charge on any atom is -0.506 e. The Balaban J connectivity index is 1.50. The summed E-state index contributed by atoms with van der Waals surface area (Å²) in [6, 6.07) is 14.7. The summed E-state index contributed by atoms with van der Waals surface area (Å²) >= 11 is 1.76. The molecular weight excluding hydrogens is 434 g/mol. The van der Waals surface area contributed by atoms with Gasteiger partial charge in [0.25, 0.3) is 0 Å². The van der Waals surface area contributed by atoms with Crippen LogP contribution in [0.3, 0.4) is 0 Å². The van der Waals surface area contributed by atoms with Crippen molar-refractivity contribution in [1.82, 2.24) is 9.97 Å². The molecule has 2 N–H and O–H groups in total. The van der Waals surface area contributed by atoms with Crippen LogP contribution in [0.1, 0.15) is 54.0 Å². The molecule has 0 saturated carbocycles. The van der Waals surface area contributed by atoms with Crippen molar-refractivity contribution in [2.45, 2.75) is 44.4 Å². The second-order valence-corrected chi connectivity index (χ2v) is 10.2. The van der Waals surface area contributed by atoms with E-state index in [1.165, 1.54) is 11.1 Å². The fourth-order valence-corrected chi connectivity index (χ4v) is 4.98. The van der Waals surface area contributed by atoms with Gasteiger partial charge in [0.1, 0.15) is 11.6 Å². The van der Waals surface area contributed by atoms with Crippen molar-refractivity contribution >= 4 is 29.3 Å². The second-order valence-electron chi connectivity index (χ2n) is 8.90. The van der Waals surface area contributed by atoms with Crippen molar-refractivity contribution in [3.63, 3.8) is 0 Å². The number of carbonyl (C=O) groups is 2. The van der Waals surface area contributed by atoms with Crippen LogP contribution in [0.2, 0.25) is 0 Å². The lowest BCUT2D eigenvalue weighted by atomic mass is 9.66. The normalized spacial score (nSPS) is 16.8. The molecule has 1 aliphatic carbocycles. The maximum atomic E-state index is 13.3. The molecule has 0 radical (unpaired) electrons. The molecule has 1 aromatic carbocycles. The van der Waals surface area contributed by atoms with Crippen LogP contribution >= 0.6 is 11.8 Å². The van der Waals surface area contributed by atoms with Gasteiger partial charge in [-0.2, -0.15) is 0 Å². The van der Waals surface area contributed by atoms with Gasteiger partial charge in [0.15, 0.2) is 5.78 Å². The van der Waals surface area contributed by atoms with E-state index in [0.717, 1.165) is 11.3 Å². The number of benzene rings is 1. The average Bonchev–Trinajstić information content (AvgIpc) is 2.76. The van der Waals surface area contributed by atoms with Gasteiger partial charge in [0, 0.05) is 10.5 Å². The molecule has 0 spiro atoms. The number of aromatic hydroxyl groups is 1. The van der Waals surface area contributed by atoms with E-state index < -0.39 is 11.3 Å². The number of amides is 1. The van der Waals surface area contributed by atoms with Crippen LogP contribution in [-0.2, 0) is 17.6 Å². The van der Waals surface area contributed by atoms with Crippen molar-refractivity contribution in [2.24, 2.45) is 5.41 Å². The van der Waals surface area contributed by atoms with Gasteiger partial charge in [-0.15, -0.1) is 11.8 Å². The van der Waals surface area contributed by atoms with Crippen LogP contribution in [-0.4, -0.2) is 32.5 Å². The molecule has 6 nitrogen and oxygen atoms in total. The van der Waals surface area contributed by atoms with Gasteiger partial charge in [-0.25, -0.2) is 4.98 Å². The lowest BCUT2D eigenvalue weighted by Gasteiger charge is -2.37. The van der Waals surface area contributed by atoms with E-state index in [1.54, 1.807) is 36.0 Å². The zero-order valence-corrected chi connectivity index (χ0v) is 19.8. The Kier molecular flexibility index (Phi) is 6.51. The molecule has 170 valence electrons. The van der Waals surface area contributed by atoms with Crippen LogP contribution < -0.4 is 5.32 Å². The third-order valence-electron chi connectivity index (χ3n) is 5.84. The summed E-state index contributed by atoms with van der Waals surface area (Å²) in [7, 11) is 0. The topological polar surface area (TPSA) is 92.2 Å². The first-order valence-corrected chi connectivity index (χ1v) is 12.0. The Morgan fingerprint density at radius 2 is 1.91 bits per heavy atom. The number of hydrogen-bond acceptors (Lipinski definition) is 6. The van der Waals surface area contributed by atoms with E-state index in [0.29, 0.717) is 29.2 Å². The molecule has 2 heterocycles. The first-order valence-electron chi connectivity index (χ1n) is 11.0. The van der Waals surface area contributed by atoms with Gasteiger partial charge in [-0.3, -0.25) is 14.6 Å². The monoisotopic (exact) mass is 461 g/mol. The molecule has 3 aromatic rings. The van der Waals surface area contributed by atoms with Crippen molar-refractivity contribution in [3.8, 4) is 5.75 Å². The number of thioether (sulfide) groups is 1. The van der Waals surface area contributed by atoms with Crippen LogP contribution in [0.25, 0.3) is 0 Å². The van der Waals surface area contributed by atoms with Crippen LogP contribution in [0, 0.1) is 5.41 Å². The third-order valence-corrected chi connectivity index (χ3v) is 6.73. The van der Waals surface area contributed by atoms with Crippen LogP contribution in [0.15, 0.2) is 59.6 Å². The van der Waals surface area contributed by atoms with Crippen molar-refractivity contribution in [2.75, 3.05) is 11.1 Å². The summed E-state index contributed by atoms with van der Waals surface area (Å²) in [5.41, 5.74) is 2.39. The summed E-state index contributed by atoms with van der Waals surface area (Å²) in [5.74, 6) is 0.900. The van der Waals surface area contributed by atoms with E-state index >= 15 is 0 Å². The van der Waals surface area contributed by atoms with Crippen LogP contribution in [0.4, 0.5) is 5.82 Å². The standard InChI is InChI=1S/C26H27N3O3S/c1-4-33-18-8-5-16(6-9-18)13-23(31)29-22-12-10-19-21(28-22)14-26(2,3)24(25(19)32)20-11-7-17(30)15-27-20/h5-12,15,24,30H,4,13-14H2,1-3H3,(H,28,29,31). The fourth-order valence-electron chi connectivity index (χ4n) is 4.32. The predicted octanol–water partition coefficient (Wildman–Crippen LogP) is 5.02. The van der Waals surface area contributed by atoms with Gasteiger partial charge < -0.3 is 10.4 Å². The largest absolute Gasteiger partial charge is 0.506 e. The van der Waals surface area contributed by atoms with Crippen molar-refractivity contribution in [1.29, 1.82) is 0 Å². The highest BCUT2D eigenvalue weighted by Gasteiger charge is 2.43. The molecule has 0 fully saturated rings. The molecular formula is C26H27N3O3S. The molecule has 7 heteroatoms. The van der Waals surface area contributed by atoms with Crippen molar-refractivity contribution < 1.29 is 14.7 Å². The zero-order valence-electron chi connectivity index (χ0n) is 19.0. The van der Waals surface area contributed by atoms with Gasteiger partial charge in [0.2, 0.25) is 5.91 Å². The molecule has 1 unspecified atom stereocenters. The number of rotatable bonds is 6. The minimum absolute atomic E-state index is 0.0464. The highest BCUT2D eigenvalue weighted by molar-refractivity contribution is 7.99. The highest BCUT2D eigenvalue weighted by Crippen LogP contribution is 2.44. The smallest absolute Gasteiger partial charge is 0.229 e. The Morgan fingerprint density at radius 1 is 1.15 bits per heavy atom. The molecule has 4 rings (SSSR count). The number of Topliss-reactive ketones (excluding diaryl/α,β-unsaturated/α-hetero) is 1. The number of aromatic nitrogens is 2. The number of carbonyl (C=O) groups excluding carboxylic acids is 2. The number of hydrogen-bond donors (Lipinski definition) is 2. The summed E-state index contributed by atoms with van der Waals surface area (Å²) < 4.78 is 0. The Bertz CT molecular complexity index is 1170. The molecule has 0 bridgehead atoms. The van der Waals surface area contributed by atoms with E-state index in [4.69, 9.17) is 0 Å². The van der Waals surface area contributed by atoms with Gasteiger partial charge in [0.05, 0.1) is 29.9 Å². The zero-order chi connectivity index (χ0) is 23.6. The minimum atomic E-state index is -0.429. The van der Waals surface area contributed by atoms with Crippen molar-refractivity contribution in [3.05, 3.63) is 77.2 Å². The Hall–Kier alpha value is -3.19. The molecule has 1 atom stereocenters. The highest BCUT2D eigenvalue weighted by atomic mass is 32.2. The molecule has 1 aliphatic rings. The quantitative estimate of drug-likeness (QED) is 0.501. The number of ketones is 1. The molecule has 33 heavy (non-hydrogen) atoms. The molecule has 1 amide bonds. The number of fused-ring (bicyclic) bond motifs is 1. The summed E-state index contributed by atoms with van der Waals surface area (Å²) in [6.07, 6.45) is 2.19. The Morgan fingerprint density at radius 3 is 2.58 bits per heavy atom. The predicted molar refractivity (Wildman–Crippen MR) is 130 cm³/mol. The fraction of sp³-hybridized carbons (Fsp3) is 0.308. The van der Waals surface area contributed by atoms with E-state index in [2.05, 4.69) is 22.2 Å². The number of pyridine rings is 2. The number of nitrogens with one attached hydrogen (secondary N) is 1. The van der Waals surface area contributed by atoms with E-state index in [1.807, 2.05) is 38.1 Å². The third kappa shape index (κ3) is 5.09. The van der Waals surface area contributed by atoms with E-state index in [-0.39, 0.29) is 23.9 Å². The first-order chi connectivity index (χ1) is 15.8. The van der Waals surface area contributed by atoms with Crippen LogP contribution in [0.5, 0.6) is 5.75 Å². The van der Waals surface area contributed by atoms with E-state index in [9.17, 15) is 14.7 Å². The average molecular weight is 462 g/mol. The van der Waals surface area contributed by atoms with Gasteiger partial charge >= 0.3 is 0 Å². The maximum absolute atomic E-state index is 13.3. The number of nitrogens with zero attached hydrogens (tertiary/aromatic N) is 2. The number of anilines is 1. The lowest BCUT2D eigenvalue weighted by Crippen LogP contribution is -2.37. The molecule has 2 aromatic heterocycles. The molecule has 0 aliphatic heterocycles. The maximum Gasteiger partial charge on any atom is 0.229 e. The second kappa shape index (κ2) is 9.35.